The van der Waals surface area contributed by atoms with Crippen LogP contribution in [0.5, 0.6) is 0 Å². The van der Waals surface area contributed by atoms with Crippen LogP contribution in [0.15, 0.2) is 0 Å². The number of hydrogen-bond donors (Lipinski definition) is 0. The SMILES string of the molecule is CC(C(C)(C)C)C(C)(C)C.CCC(C)C(C)(C)C. The molecular formula is C18H40. The van der Waals surface area contributed by atoms with E-state index in [1.54, 1.807) is 0 Å². The summed E-state index contributed by atoms with van der Waals surface area (Å²) in [6, 6.07) is 0. The summed E-state index contributed by atoms with van der Waals surface area (Å²) < 4.78 is 0. The molecule has 0 aliphatic heterocycles. The Bertz CT molecular complexity index is 190. The van der Waals surface area contributed by atoms with Crippen molar-refractivity contribution in [3.63, 3.8) is 0 Å². The standard InChI is InChI=1S/C10H22.C8H18/c1-8(9(2,3)4)10(5,6)7;1-6-7(2)8(3,4)5/h8H,1-7H3;7H,6H2,1-5H3. The summed E-state index contributed by atoms with van der Waals surface area (Å²) in [4.78, 5) is 0. The molecule has 0 radical (unpaired) electrons. The van der Waals surface area contributed by atoms with E-state index >= 15 is 0 Å². The summed E-state index contributed by atoms with van der Waals surface area (Å²) in [5.74, 6) is 1.61. The van der Waals surface area contributed by atoms with Crippen molar-refractivity contribution in [3.8, 4) is 0 Å². The highest BCUT2D eigenvalue weighted by Gasteiger charge is 2.30. The van der Waals surface area contributed by atoms with Gasteiger partial charge in [-0.1, -0.05) is 89.5 Å². The van der Waals surface area contributed by atoms with Gasteiger partial charge in [0.15, 0.2) is 0 Å². The van der Waals surface area contributed by atoms with Crippen LogP contribution in [0.25, 0.3) is 0 Å². The Morgan fingerprint density at radius 2 is 0.889 bits per heavy atom. The van der Waals surface area contributed by atoms with Crippen molar-refractivity contribution in [1.29, 1.82) is 0 Å². The van der Waals surface area contributed by atoms with Crippen molar-refractivity contribution < 1.29 is 0 Å². The minimum absolute atomic E-state index is 0.443. The van der Waals surface area contributed by atoms with Crippen molar-refractivity contribution in [2.24, 2.45) is 28.1 Å². The third kappa shape index (κ3) is 9.00. The summed E-state index contributed by atoms with van der Waals surface area (Å²) in [5.41, 5.74) is 1.39. The van der Waals surface area contributed by atoms with Crippen LogP contribution in [0.1, 0.15) is 89.5 Å². The second-order valence-corrected chi connectivity index (χ2v) is 9.13. The Kier molecular flexibility index (Phi) is 7.86. The van der Waals surface area contributed by atoms with Gasteiger partial charge in [-0.15, -0.1) is 0 Å². The van der Waals surface area contributed by atoms with E-state index in [1.807, 2.05) is 0 Å². The van der Waals surface area contributed by atoms with Gasteiger partial charge < -0.3 is 0 Å². The van der Waals surface area contributed by atoms with Crippen LogP contribution in [0, 0.1) is 28.1 Å². The third-order valence-electron chi connectivity index (χ3n) is 4.69. The Hall–Kier alpha value is 0. The molecule has 0 aromatic rings. The average Bonchev–Trinajstić information content (AvgIpc) is 2.12. The fourth-order valence-electron chi connectivity index (χ4n) is 1.91. The van der Waals surface area contributed by atoms with E-state index in [0.717, 1.165) is 11.8 Å². The van der Waals surface area contributed by atoms with Gasteiger partial charge in [0.05, 0.1) is 0 Å². The second kappa shape index (κ2) is 6.96. The second-order valence-electron chi connectivity index (χ2n) is 9.13. The van der Waals surface area contributed by atoms with E-state index in [9.17, 15) is 0 Å². The predicted molar refractivity (Wildman–Crippen MR) is 87.0 cm³/mol. The molecule has 112 valence electrons. The predicted octanol–water partition coefficient (Wildman–Crippen LogP) is 6.79. The normalized spacial score (nSPS) is 15.2. The third-order valence-corrected chi connectivity index (χ3v) is 4.69. The van der Waals surface area contributed by atoms with Crippen LogP contribution in [-0.2, 0) is 0 Å². The highest BCUT2D eigenvalue weighted by atomic mass is 14.4. The van der Waals surface area contributed by atoms with Crippen molar-refractivity contribution in [3.05, 3.63) is 0 Å². The molecule has 0 saturated carbocycles. The highest BCUT2D eigenvalue weighted by Crippen LogP contribution is 2.38. The van der Waals surface area contributed by atoms with E-state index in [-0.39, 0.29) is 0 Å². The van der Waals surface area contributed by atoms with Gasteiger partial charge in [-0.3, -0.25) is 0 Å². The first-order valence-corrected chi connectivity index (χ1v) is 7.64. The zero-order valence-electron chi connectivity index (χ0n) is 15.4. The van der Waals surface area contributed by atoms with E-state index in [2.05, 4.69) is 83.1 Å². The lowest BCUT2D eigenvalue weighted by Gasteiger charge is -2.38. The van der Waals surface area contributed by atoms with Crippen LogP contribution in [-0.4, -0.2) is 0 Å². The molecule has 0 heterocycles. The van der Waals surface area contributed by atoms with Crippen LogP contribution < -0.4 is 0 Å². The molecule has 0 heteroatoms. The topological polar surface area (TPSA) is 0 Å². The van der Waals surface area contributed by atoms with Gasteiger partial charge >= 0.3 is 0 Å². The molecule has 0 rings (SSSR count). The molecule has 0 fully saturated rings. The molecule has 0 bridgehead atoms. The summed E-state index contributed by atoms with van der Waals surface area (Å²) in [5, 5.41) is 0. The first-order valence-electron chi connectivity index (χ1n) is 7.64. The van der Waals surface area contributed by atoms with Crippen LogP contribution in [0.4, 0.5) is 0 Å². The molecule has 0 spiro atoms. The quantitative estimate of drug-likeness (QED) is 0.484. The van der Waals surface area contributed by atoms with Crippen molar-refractivity contribution >= 4 is 0 Å². The fraction of sp³-hybridized carbons (Fsp3) is 1.00. The molecule has 0 N–H and O–H groups in total. The highest BCUT2D eigenvalue weighted by molar-refractivity contribution is 4.79. The smallest absolute Gasteiger partial charge is 0.0345 e. The van der Waals surface area contributed by atoms with Crippen molar-refractivity contribution in [2.75, 3.05) is 0 Å². The molecule has 0 nitrogen and oxygen atoms in total. The first-order chi connectivity index (χ1) is 7.64. The van der Waals surface area contributed by atoms with Gasteiger partial charge in [0.1, 0.15) is 0 Å². The largest absolute Gasteiger partial charge is 0.0651 e. The Morgan fingerprint density at radius 3 is 0.889 bits per heavy atom. The van der Waals surface area contributed by atoms with E-state index in [4.69, 9.17) is 0 Å². The van der Waals surface area contributed by atoms with E-state index in [1.165, 1.54) is 6.42 Å². The maximum absolute atomic E-state index is 2.33. The summed E-state index contributed by atoms with van der Waals surface area (Å²) >= 11 is 0. The molecule has 18 heavy (non-hydrogen) atoms. The molecule has 0 amide bonds. The molecule has 1 unspecified atom stereocenters. The lowest BCUT2D eigenvalue weighted by atomic mass is 9.68. The lowest BCUT2D eigenvalue weighted by molar-refractivity contribution is 0.121. The summed E-state index contributed by atoms with van der Waals surface area (Å²) in [6.45, 7) is 27.6. The van der Waals surface area contributed by atoms with Crippen LogP contribution >= 0.6 is 0 Å². The Balaban J connectivity index is 0. The first kappa shape index (κ1) is 20.3. The van der Waals surface area contributed by atoms with E-state index in [0.29, 0.717) is 16.2 Å². The minimum atomic E-state index is 0.443. The molecule has 0 aromatic heterocycles. The van der Waals surface area contributed by atoms with E-state index < -0.39 is 0 Å². The molecule has 0 aliphatic rings. The monoisotopic (exact) mass is 256 g/mol. The van der Waals surface area contributed by atoms with Crippen LogP contribution in [0.2, 0.25) is 0 Å². The Morgan fingerprint density at radius 1 is 0.611 bits per heavy atom. The summed E-state index contributed by atoms with van der Waals surface area (Å²) in [6.07, 6.45) is 1.30. The molecule has 1 atom stereocenters. The fourth-order valence-corrected chi connectivity index (χ4v) is 1.91. The maximum Gasteiger partial charge on any atom is -0.0345 e. The van der Waals surface area contributed by atoms with Gasteiger partial charge in [-0.25, -0.2) is 0 Å². The van der Waals surface area contributed by atoms with Crippen molar-refractivity contribution in [1.82, 2.24) is 0 Å². The number of hydrogen-bond acceptors (Lipinski definition) is 0. The Labute approximate surface area is 118 Å². The average molecular weight is 257 g/mol. The van der Waals surface area contributed by atoms with Gasteiger partial charge in [0.25, 0.3) is 0 Å². The number of rotatable bonds is 1. The molecule has 0 aliphatic carbocycles. The van der Waals surface area contributed by atoms with Crippen molar-refractivity contribution in [2.45, 2.75) is 89.5 Å². The lowest BCUT2D eigenvalue weighted by Crippen LogP contribution is -2.29. The molecule has 0 aromatic carbocycles. The van der Waals surface area contributed by atoms with Gasteiger partial charge in [0, 0.05) is 0 Å². The zero-order chi connectivity index (χ0) is 15.4. The van der Waals surface area contributed by atoms with Gasteiger partial charge in [-0.05, 0) is 28.1 Å². The minimum Gasteiger partial charge on any atom is -0.0651 e. The molecular weight excluding hydrogens is 216 g/mol. The van der Waals surface area contributed by atoms with Gasteiger partial charge in [-0.2, -0.15) is 0 Å². The summed E-state index contributed by atoms with van der Waals surface area (Å²) in [7, 11) is 0. The maximum atomic E-state index is 2.33. The molecule has 0 saturated heterocycles. The van der Waals surface area contributed by atoms with Crippen LogP contribution in [0.3, 0.4) is 0 Å². The van der Waals surface area contributed by atoms with Gasteiger partial charge in [0.2, 0.25) is 0 Å². The zero-order valence-corrected chi connectivity index (χ0v) is 15.4.